The highest BCUT2D eigenvalue weighted by Crippen LogP contribution is 2.32. The van der Waals surface area contributed by atoms with Crippen LogP contribution in [0, 0.1) is 0 Å². The van der Waals surface area contributed by atoms with E-state index in [2.05, 4.69) is 12.1 Å². The fourth-order valence-electron chi connectivity index (χ4n) is 3.18. The standard InChI is InChI=1S/C22H18N2O4S/c1-2-28-20(25)14-24-21(26)19(29-22(24)27)13-17-8-5-11-23(17)18-10-9-15-6-3-4-7-16(15)12-18/h3-13H,2,14H2,1H3/b19-13+. The first-order chi connectivity index (χ1) is 14.1. The van der Waals surface area contributed by atoms with Gasteiger partial charge in [-0.15, -0.1) is 0 Å². The van der Waals surface area contributed by atoms with Crippen LogP contribution >= 0.6 is 11.8 Å². The molecule has 4 rings (SSSR count). The van der Waals surface area contributed by atoms with E-state index in [9.17, 15) is 14.4 Å². The molecule has 3 aromatic rings. The molecule has 2 amide bonds. The van der Waals surface area contributed by atoms with Crippen LogP contribution in [-0.2, 0) is 14.3 Å². The fourth-order valence-corrected chi connectivity index (χ4v) is 4.00. The van der Waals surface area contributed by atoms with Gasteiger partial charge in [0.1, 0.15) is 6.54 Å². The van der Waals surface area contributed by atoms with E-state index >= 15 is 0 Å². The summed E-state index contributed by atoms with van der Waals surface area (Å²) in [7, 11) is 0. The average molecular weight is 406 g/mol. The average Bonchev–Trinajstić information content (AvgIpc) is 3.28. The Balaban J connectivity index is 1.63. The molecule has 0 saturated carbocycles. The van der Waals surface area contributed by atoms with E-state index in [1.807, 2.05) is 53.2 Å². The zero-order valence-electron chi connectivity index (χ0n) is 15.7. The predicted molar refractivity (Wildman–Crippen MR) is 113 cm³/mol. The molecule has 2 heterocycles. The van der Waals surface area contributed by atoms with Crippen molar-refractivity contribution in [3.05, 3.63) is 71.4 Å². The number of imide groups is 1. The second-order valence-corrected chi connectivity index (χ2v) is 7.40. The topological polar surface area (TPSA) is 68.6 Å². The number of carbonyl (C=O) groups excluding carboxylic acids is 3. The fraction of sp³-hybridized carbons (Fsp3) is 0.136. The second kappa shape index (κ2) is 7.97. The maximum absolute atomic E-state index is 12.6. The van der Waals surface area contributed by atoms with E-state index in [4.69, 9.17) is 4.74 Å². The Kier molecular flexibility index (Phi) is 5.22. The molecule has 1 aliphatic rings. The number of carbonyl (C=O) groups is 3. The summed E-state index contributed by atoms with van der Waals surface area (Å²) >= 11 is 0.824. The van der Waals surface area contributed by atoms with E-state index in [1.54, 1.807) is 13.0 Å². The molecule has 29 heavy (non-hydrogen) atoms. The van der Waals surface area contributed by atoms with Crippen LogP contribution in [-0.4, -0.2) is 39.7 Å². The molecular weight excluding hydrogens is 388 g/mol. The van der Waals surface area contributed by atoms with Gasteiger partial charge in [-0.2, -0.15) is 0 Å². The Bertz CT molecular complexity index is 1150. The van der Waals surface area contributed by atoms with Gasteiger partial charge in [0.05, 0.1) is 11.5 Å². The third-order valence-electron chi connectivity index (χ3n) is 4.54. The molecule has 7 heteroatoms. The molecular formula is C22H18N2O4S. The number of esters is 1. The lowest BCUT2D eigenvalue weighted by Gasteiger charge is -2.11. The maximum Gasteiger partial charge on any atom is 0.326 e. The van der Waals surface area contributed by atoms with E-state index in [0.29, 0.717) is 0 Å². The third-order valence-corrected chi connectivity index (χ3v) is 5.44. The number of amides is 2. The van der Waals surface area contributed by atoms with E-state index in [-0.39, 0.29) is 18.1 Å². The lowest BCUT2D eigenvalue weighted by molar-refractivity contribution is -0.145. The van der Waals surface area contributed by atoms with E-state index in [1.165, 1.54) is 0 Å². The summed E-state index contributed by atoms with van der Waals surface area (Å²) in [5, 5.41) is 1.78. The summed E-state index contributed by atoms with van der Waals surface area (Å²) in [6.07, 6.45) is 3.57. The molecule has 0 aliphatic carbocycles. The van der Waals surface area contributed by atoms with Crippen molar-refractivity contribution < 1.29 is 19.1 Å². The maximum atomic E-state index is 12.6. The molecule has 1 aromatic heterocycles. The number of thioether (sulfide) groups is 1. The van der Waals surface area contributed by atoms with Gasteiger partial charge in [-0.05, 0) is 59.8 Å². The molecule has 1 aliphatic heterocycles. The number of benzene rings is 2. The quantitative estimate of drug-likeness (QED) is 0.469. The van der Waals surface area contributed by atoms with Gasteiger partial charge >= 0.3 is 5.97 Å². The first kappa shape index (κ1) is 19.0. The monoisotopic (exact) mass is 406 g/mol. The smallest absolute Gasteiger partial charge is 0.326 e. The summed E-state index contributed by atoms with van der Waals surface area (Å²) in [5.74, 6) is -1.09. The molecule has 0 spiro atoms. The molecule has 2 aromatic carbocycles. The Hall–Kier alpha value is -3.32. The Morgan fingerprint density at radius 2 is 1.86 bits per heavy atom. The number of fused-ring (bicyclic) bond motifs is 1. The van der Waals surface area contributed by atoms with Crippen LogP contribution in [0.4, 0.5) is 4.79 Å². The number of hydrogen-bond donors (Lipinski definition) is 0. The largest absolute Gasteiger partial charge is 0.465 e. The molecule has 0 bridgehead atoms. The summed E-state index contributed by atoms with van der Waals surface area (Å²) in [4.78, 5) is 37.6. The van der Waals surface area contributed by atoms with Crippen LogP contribution in [0.25, 0.3) is 22.5 Å². The highest BCUT2D eigenvalue weighted by molar-refractivity contribution is 8.18. The minimum Gasteiger partial charge on any atom is -0.465 e. The molecule has 146 valence electrons. The van der Waals surface area contributed by atoms with Gasteiger partial charge < -0.3 is 9.30 Å². The number of nitrogens with zero attached hydrogens (tertiary/aromatic N) is 2. The van der Waals surface area contributed by atoms with Crippen LogP contribution < -0.4 is 0 Å². The van der Waals surface area contributed by atoms with Crippen LogP contribution in [0.15, 0.2) is 65.7 Å². The van der Waals surface area contributed by atoms with E-state index < -0.39 is 17.1 Å². The zero-order chi connectivity index (χ0) is 20.4. The van der Waals surface area contributed by atoms with Crippen LogP contribution in [0.5, 0.6) is 0 Å². The molecule has 0 unspecified atom stereocenters. The van der Waals surface area contributed by atoms with Crippen molar-refractivity contribution in [2.24, 2.45) is 0 Å². The first-order valence-electron chi connectivity index (χ1n) is 9.14. The van der Waals surface area contributed by atoms with Crippen molar-refractivity contribution in [2.75, 3.05) is 13.2 Å². The van der Waals surface area contributed by atoms with E-state index in [0.717, 1.165) is 38.8 Å². The normalized spacial score (nSPS) is 15.5. The lowest BCUT2D eigenvalue weighted by Crippen LogP contribution is -2.34. The van der Waals surface area contributed by atoms with Gasteiger partial charge in [-0.1, -0.05) is 30.3 Å². The van der Waals surface area contributed by atoms with Crippen molar-refractivity contribution in [1.82, 2.24) is 9.47 Å². The second-order valence-electron chi connectivity index (χ2n) is 6.41. The Morgan fingerprint density at radius 1 is 1.07 bits per heavy atom. The molecule has 0 atom stereocenters. The van der Waals surface area contributed by atoms with Crippen LogP contribution in [0.1, 0.15) is 12.6 Å². The molecule has 0 N–H and O–H groups in total. The molecule has 1 fully saturated rings. The number of rotatable bonds is 5. The Labute approximate surface area is 171 Å². The van der Waals surface area contributed by atoms with Gasteiger partial charge in [0.2, 0.25) is 0 Å². The third kappa shape index (κ3) is 3.82. The van der Waals surface area contributed by atoms with Crippen molar-refractivity contribution in [3.63, 3.8) is 0 Å². The van der Waals surface area contributed by atoms with Crippen molar-refractivity contribution in [2.45, 2.75) is 6.92 Å². The number of aromatic nitrogens is 1. The van der Waals surface area contributed by atoms with Crippen molar-refractivity contribution in [3.8, 4) is 5.69 Å². The molecule has 1 saturated heterocycles. The minimum absolute atomic E-state index is 0.199. The number of ether oxygens (including phenoxy) is 1. The minimum atomic E-state index is -0.601. The number of hydrogen-bond acceptors (Lipinski definition) is 5. The summed E-state index contributed by atoms with van der Waals surface area (Å²) < 4.78 is 6.79. The summed E-state index contributed by atoms with van der Waals surface area (Å²) in [6.45, 7) is 1.50. The van der Waals surface area contributed by atoms with Gasteiger partial charge in [-0.25, -0.2) is 0 Å². The predicted octanol–water partition coefficient (Wildman–Crippen LogP) is 4.23. The highest BCUT2D eigenvalue weighted by atomic mass is 32.2. The summed E-state index contributed by atoms with van der Waals surface area (Å²) in [6, 6.07) is 17.9. The van der Waals surface area contributed by atoms with Gasteiger partial charge in [0, 0.05) is 17.6 Å². The molecule has 6 nitrogen and oxygen atoms in total. The van der Waals surface area contributed by atoms with Gasteiger partial charge in [0.15, 0.2) is 0 Å². The zero-order valence-corrected chi connectivity index (χ0v) is 16.5. The van der Waals surface area contributed by atoms with Gasteiger partial charge in [0.25, 0.3) is 11.1 Å². The SMILES string of the molecule is CCOC(=O)CN1C(=O)S/C(=C/c2cccn2-c2ccc3ccccc3c2)C1=O. The van der Waals surface area contributed by atoms with Crippen LogP contribution in [0.3, 0.4) is 0 Å². The summed E-state index contributed by atoms with van der Waals surface area (Å²) in [5.41, 5.74) is 1.72. The lowest BCUT2D eigenvalue weighted by atomic mass is 10.1. The highest BCUT2D eigenvalue weighted by Gasteiger charge is 2.36. The Morgan fingerprint density at radius 3 is 2.66 bits per heavy atom. The first-order valence-corrected chi connectivity index (χ1v) is 9.96. The molecule has 0 radical (unpaired) electrons. The van der Waals surface area contributed by atoms with Crippen molar-refractivity contribution >= 4 is 45.7 Å². The van der Waals surface area contributed by atoms with Gasteiger partial charge in [-0.3, -0.25) is 19.3 Å². The van der Waals surface area contributed by atoms with Crippen LogP contribution in [0.2, 0.25) is 0 Å². The van der Waals surface area contributed by atoms with Crippen molar-refractivity contribution in [1.29, 1.82) is 0 Å².